The van der Waals surface area contributed by atoms with Crippen molar-refractivity contribution in [2.75, 3.05) is 13.2 Å². The average Bonchev–Trinajstić information content (AvgIpc) is 2.74. The number of aryl methyl sites for hydroxylation is 2. The summed E-state index contributed by atoms with van der Waals surface area (Å²) in [6.07, 6.45) is 4.63. The molecule has 2 atom stereocenters. The zero-order chi connectivity index (χ0) is 17.0. The van der Waals surface area contributed by atoms with Crippen LogP contribution in [-0.4, -0.2) is 51.1 Å². The molecule has 0 saturated carbocycles. The smallest absolute Gasteiger partial charge is 0.317 e. The Balaban J connectivity index is 1.95. The highest BCUT2D eigenvalue weighted by Gasteiger charge is 2.27. The Morgan fingerprint density at radius 1 is 1.43 bits per heavy atom. The first-order valence-electron chi connectivity index (χ1n) is 8.61. The van der Waals surface area contributed by atoms with Crippen LogP contribution in [0, 0.1) is 13.8 Å². The first-order valence-corrected chi connectivity index (χ1v) is 8.61. The van der Waals surface area contributed by atoms with Gasteiger partial charge in [-0.3, -0.25) is 4.68 Å². The van der Waals surface area contributed by atoms with Gasteiger partial charge < -0.3 is 15.3 Å². The van der Waals surface area contributed by atoms with Gasteiger partial charge in [0.2, 0.25) is 0 Å². The van der Waals surface area contributed by atoms with Gasteiger partial charge in [0.15, 0.2) is 0 Å². The van der Waals surface area contributed by atoms with Crippen molar-refractivity contribution >= 4 is 6.03 Å². The maximum atomic E-state index is 12.6. The number of carbonyl (C=O) groups excluding carboxylic acids is 1. The summed E-state index contributed by atoms with van der Waals surface area (Å²) in [4.78, 5) is 14.5. The monoisotopic (exact) mass is 322 g/mol. The van der Waals surface area contributed by atoms with Crippen LogP contribution in [0.1, 0.15) is 49.6 Å². The second-order valence-electron chi connectivity index (χ2n) is 6.68. The van der Waals surface area contributed by atoms with Gasteiger partial charge in [-0.1, -0.05) is 0 Å². The van der Waals surface area contributed by atoms with Gasteiger partial charge in [0.05, 0.1) is 5.69 Å². The quantitative estimate of drug-likeness (QED) is 0.870. The van der Waals surface area contributed by atoms with Gasteiger partial charge in [-0.05, 0) is 58.4 Å². The van der Waals surface area contributed by atoms with E-state index in [9.17, 15) is 9.90 Å². The second-order valence-corrected chi connectivity index (χ2v) is 6.68. The lowest BCUT2D eigenvalue weighted by Crippen LogP contribution is -2.51. The van der Waals surface area contributed by atoms with Crippen molar-refractivity contribution in [3.63, 3.8) is 0 Å². The SMILES string of the molecule is Cc1nn(C)c(C)c1CC(C)NC(=O)N1CCCCC1CCO. The van der Waals surface area contributed by atoms with Crippen LogP contribution in [0.15, 0.2) is 0 Å². The lowest BCUT2D eigenvalue weighted by Gasteiger charge is -2.36. The number of rotatable bonds is 5. The van der Waals surface area contributed by atoms with E-state index in [1.54, 1.807) is 0 Å². The summed E-state index contributed by atoms with van der Waals surface area (Å²) in [6, 6.07) is 0.221. The van der Waals surface area contributed by atoms with Gasteiger partial charge >= 0.3 is 6.03 Å². The summed E-state index contributed by atoms with van der Waals surface area (Å²) in [7, 11) is 1.95. The molecule has 0 radical (unpaired) electrons. The van der Waals surface area contributed by atoms with Crippen LogP contribution in [0.5, 0.6) is 0 Å². The molecule has 2 unspecified atom stereocenters. The molecule has 1 fully saturated rings. The van der Waals surface area contributed by atoms with Crippen molar-refractivity contribution in [3.8, 4) is 0 Å². The Labute approximate surface area is 138 Å². The van der Waals surface area contributed by atoms with E-state index >= 15 is 0 Å². The second kappa shape index (κ2) is 7.81. The zero-order valence-corrected chi connectivity index (χ0v) is 14.8. The standard InChI is InChI=1S/C17H30N4O2/c1-12(11-16-13(2)19-20(4)14(16)3)18-17(23)21-9-6-5-7-15(21)8-10-22/h12,15,22H,5-11H2,1-4H3,(H,18,23). The molecule has 1 aromatic heterocycles. The first-order chi connectivity index (χ1) is 10.9. The number of hydrogen-bond donors (Lipinski definition) is 2. The van der Waals surface area contributed by atoms with Crippen LogP contribution in [0.4, 0.5) is 4.79 Å². The van der Waals surface area contributed by atoms with Gasteiger partial charge in [-0.15, -0.1) is 0 Å². The Morgan fingerprint density at radius 3 is 2.78 bits per heavy atom. The molecular weight excluding hydrogens is 292 g/mol. The third-order valence-electron chi connectivity index (χ3n) is 4.89. The summed E-state index contributed by atoms with van der Waals surface area (Å²) in [5.74, 6) is 0. The molecule has 6 heteroatoms. The number of aliphatic hydroxyl groups excluding tert-OH is 1. The van der Waals surface area contributed by atoms with Gasteiger partial charge in [0, 0.05) is 38.0 Å². The van der Waals surface area contributed by atoms with E-state index in [1.807, 2.05) is 30.5 Å². The maximum absolute atomic E-state index is 12.6. The molecule has 1 aliphatic rings. The van der Waals surface area contributed by atoms with E-state index in [0.717, 1.165) is 43.6 Å². The van der Waals surface area contributed by atoms with Crippen molar-refractivity contribution < 1.29 is 9.90 Å². The van der Waals surface area contributed by atoms with E-state index in [4.69, 9.17) is 0 Å². The minimum absolute atomic E-state index is 0.00477. The van der Waals surface area contributed by atoms with E-state index in [0.29, 0.717) is 6.42 Å². The molecule has 0 bridgehead atoms. The minimum Gasteiger partial charge on any atom is -0.396 e. The molecule has 6 nitrogen and oxygen atoms in total. The van der Waals surface area contributed by atoms with Crippen LogP contribution in [0.25, 0.3) is 0 Å². The van der Waals surface area contributed by atoms with Gasteiger partial charge in [-0.2, -0.15) is 5.10 Å². The number of piperidine rings is 1. The van der Waals surface area contributed by atoms with Crippen molar-refractivity contribution in [1.29, 1.82) is 0 Å². The topological polar surface area (TPSA) is 70.4 Å². The Hall–Kier alpha value is -1.56. The highest BCUT2D eigenvalue weighted by molar-refractivity contribution is 5.75. The van der Waals surface area contributed by atoms with Crippen molar-refractivity contribution in [2.45, 2.75) is 65.0 Å². The lowest BCUT2D eigenvalue weighted by molar-refractivity contribution is 0.130. The largest absolute Gasteiger partial charge is 0.396 e. The molecule has 23 heavy (non-hydrogen) atoms. The summed E-state index contributed by atoms with van der Waals surface area (Å²) in [6.45, 7) is 7.03. The first kappa shape index (κ1) is 17.8. The number of aromatic nitrogens is 2. The van der Waals surface area contributed by atoms with E-state index in [1.165, 1.54) is 5.56 Å². The van der Waals surface area contributed by atoms with Gasteiger partial charge in [-0.25, -0.2) is 4.79 Å². The summed E-state index contributed by atoms with van der Waals surface area (Å²) < 4.78 is 1.89. The molecule has 1 aromatic rings. The van der Waals surface area contributed by atoms with Crippen LogP contribution in [0.3, 0.4) is 0 Å². The van der Waals surface area contributed by atoms with Crippen molar-refractivity contribution in [1.82, 2.24) is 20.0 Å². The predicted molar refractivity (Wildman–Crippen MR) is 90.4 cm³/mol. The van der Waals surface area contributed by atoms with Crippen molar-refractivity contribution in [2.24, 2.45) is 7.05 Å². The van der Waals surface area contributed by atoms with Gasteiger partial charge in [0.1, 0.15) is 0 Å². The Kier molecular flexibility index (Phi) is 6.04. The fourth-order valence-corrected chi connectivity index (χ4v) is 3.48. The van der Waals surface area contributed by atoms with Crippen LogP contribution < -0.4 is 5.32 Å². The van der Waals surface area contributed by atoms with E-state index in [2.05, 4.69) is 17.3 Å². The number of carbonyl (C=O) groups is 1. The van der Waals surface area contributed by atoms with E-state index < -0.39 is 0 Å². The summed E-state index contributed by atoms with van der Waals surface area (Å²) >= 11 is 0. The molecule has 0 aliphatic carbocycles. The minimum atomic E-state index is -0.00477. The normalized spacial score (nSPS) is 19.7. The Bertz CT molecular complexity index is 539. The van der Waals surface area contributed by atoms with Crippen LogP contribution >= 0.6 is 0 Å². The molecule has 2 amide bonds. The summed E-state index contributed by atoms with van der Waals surface area (Å²) in [5.41, 5.74) is 3.40. The summed E-state index contributed by atoms with van der Waals surface area (Å²) in [5, 5.41) is 16.7. The maximum Gasteiger partial charge on any atom is 0.317 e. The number of amides is 2. The molecule has 1 saturated heterocycles. The lowest BCUT2D eigenvalue weighted by atomic mass is 10.00. The van der Waals surface area contributed by atoms with Crippen molar-refractivity contribution in [3.05, 3.63) is 17.0 Å². The molecule has 0 spiro atoms. The third-order valence-corrected chi connectivity index (χ3v) is 4.89. The predicted octanol–water partition coefficient (Wildman–Crippen LogP) is 1.91. The molecular formula is C17H30N4O2. The molecule has 1 aliphatic heterocycles. The fourth-order valence-electron chi connectivity index (χ4n) is 3.48. The number of hydrogen-bond acceptors (Lipinski definition) is 3. The molecule has 130 valence electrons. The van der Waals surface area contributed by atoms with Gasteiger partial charge in [0.25, 0.3) is 0 Å². The number of likely N-dealkylation sites (tertiary alicyclic amines) is 1. The molecule has 2 heterocycles. The molecule has 2 rings (SSSR count). The van der Waals surface area contributed by atoms with Crippen LogP contribution in [0.2, 0.25) is 0 Å². The number of nitrogens with one attached hydrogen (secondary N) is 1. The average molecular weight is 322 g/mol. The number of aliphatic hydroxyl groups is 1. The fraction of sp³-hybridized carbons (Fsp3) is 0.765. The number of urea groups is 1. The molecule has 2 N–H and O–H groups in total. The molecule has 0 aromatic carbocycles. The Morgan fingerprint density at radius 2 is 2.17 bits per heavy atom. The number of nitrogens with zero attached hydrogens (tertiary/aromatic N) is 3. The highest BCUT2D eigenvalue weighted by Crippen LogP contribution is 2.20. The highest BCUT2D eigenvalue weighted by atomic mass is 16.3. The zero-order valence-electron chi connectivity index (χ0n) is 14.8. The van der Waals surface area contributed by atoms with Crippen LogP contribution in [-0.2, 0) is 13.5 Å². The third kappa shape index (κ3) is 4.25. The van der Waals surface area contributed by atoms with E-state index in [-0.39, 0.29) is 24.7 Å².